The molecule has 0 aliphatic carbocycles. The highest BCUT2D eigenvalue weighted by Gasteiger charge is 2.26. The van der Waals surface area contributed by atoms with Gasteiger partial charge in [0.05, 0.1) is 5.56 Å². The number of nitrogens with one attached hydrogen (secondary N) is 1. The lowest BCUT2D eigenvalue weighted by molar-refractivity contribution is -0.132. The molecule has 0 atom stereocenters. The molecule has 0 bridgehead atoms. The van der Waals surface area contributed by atoms with Crippen LogP contribution >= 0.6 is 0 Å². The topological polar surface area (TPSA) is 88.8 Å². The molecule has 0 radical (unpaired) electrons. The lowest BCUT2D eigenvalue weighted by Gasteiger charge is -2.01. The Labute approximate surface area is 123 Å². The van der Waals surface area contributed by atoms with Gasteiger partial charge in [-0.1, -0.05) is 0 Å². The van der Waals surface area contributed by atoms with Crippen LogP contribution in [-0.4, -0.2) is 17.0 Å². The molecule has 0 saturated heterocycles. The Kier molecular flexibility index (Phi) is 4.11. The maximum atomic E-state index is 13.8. The minimum Gasteiger partial charge on any atom is -0.502 e. The Balaban J connectivity index is 2.59. The van der Waals surface area contributed by atoms with Gasteiger partial charge in [-0.15, -0.1) is 0 Å². The predicted octanol–water partition coefficient (Wildman–Crippen LogP) is 2.81. The minimum absolute atomic E-state index is 0.260. The van der Waals surface area contributed by atoms with Gasteiger partial charge in [0.1, 0.15) is 11.6 Å². The zero-order valence-electron chi connectivity index (χ0n) is 11.6. The number of ether oxygens (including phenoxy) is 1. The van der Waals surface area contributed by atoms with E-state index in [0.717, 1.165) is 26.0 Å². The number of halogens is 2. The van der Waals surface area contributed by atoms with Crippen molar-refractivity contribution in [3.8, 4) is 22.8 Å². The average molecular weight is 311 g/mol. The summed E-state index contributed by atoms with van der Waals surface area (Å²) in [6, 6.07) is 2.60. The highest BCUT2D eigenvalue weighted by Crippen LogP contribution is 2.46. The predicted molar refractivity (Wildman–Crippen MR) is 71.3 cm³/mol. The van der Waals surface area contributed by atoms with Gasteiger partial charge in [0.15, 0.2) is 5.76 Å². The fourth-order valence-corrected chi connectivity index (χ4v) is 1.74. The van der Waals surface area contributed by atoms with Crippen LogP contribution in [0.2, 0.25) is 0 Å². The number of hydrogen-bond acceptors (Lipinski definition) is 5. The maximum Gasteiger partial charge on any atom is 0.308 e. The van der Waals surface area contributed by atoms with Crippen molar-refractivity contribution in [3.05, 3.63) is 29.8 Å². The summed E-state index contributed by atoms with van der Waals surface area (Å²) in [5.74, 6) is -5.06. The van der Waals surface area contributed by atoms with Crippen molar-refractivity contribution in [3.63, 3.8) is 0 Å². The van der Waals surface area contributed by atoms with E-state index in [9.17, 15) is 23.5 Å². The molecule has 0 spiro atoms. The van der Waals surface area contributed by atoms with Crippen LogP contribution in [0.4, 0.5) is 14.7 Å². The molecule has 0 aliphatic heterocycles. The normalized spacial score (nSPS) is 10.4. The van der Waals surface area contributed by atoms with Crippen molar-refractivity contribution in [1.29, 1.82) is 0 Å². The Morgan fingerprint density at radius 1 is 1.27 bits per heavy atom. The van der Waals surface area contributed by atoms with E-state index in [1.54, 1.807) is 0 Å². The quantitative estimate of drug-likeness (QED) is 0.851. The SMILES string of the molecule is CC(=O)Nc1oc(-c2ccc(F)cc2F)c(O)c1OC(C)=O. The second-order valence-electron chi connectivity index (χ2n) is 4.34. The number of carbonyl (C=O) groups is 2. The highest BCUT2D eigenvalue weighted by molar-refractivity contribution is 5.91. The van der Waals surface area contributed by atoms with E-state index in [1.165, 1.54) is 0 Å². The van der Waals surface area contributed by atoms with Gasteiger partial charge in [-0.2, -0.15) is 0 Å². The molecule has 2 rings (SSSR count). The molecule has 0 unspecified atom stereocenters. The van der Waals surface area contributed by atoms with Crippen molar-refractivity contribution in [2.24, 2.45) is 0 Å². The van der Waals surface area contributed by atoms with Gasteiger partial charge in [0, 0.05) is 19.9 Å². The molecule has 0 saturated carbocycles. The first-order valence-corrected chi connectivity index (χ1v) is 6.06. The average Bonchev–Trinajstić information content (AvgIpc) is 2.66. The van der Waals surface area contributed by atoms with Crippen LogP contribution in [0.3, 0.4) is 0 Å². The summed E-state index contributed by atoms with van der Waals surface area (Å²) < 4.78 is 36.6. The van der Waals surface area contributed by atoms with Crippen LogP contribution in [-0.2, 0) is 9.59 Å². The number of amides is 1. The molecule has 6 nitrogen and oxygen atoms in total. The minimum atomic E-state index is -0.993. The first kappa shape index (κ1) is 15.5. The fraction of sp³-hybridized carbons (Fsp3) is 0.143. The number of esters is 1. The van der Waals surface area contributed by atoms with Crippen molar-refractivity contribution in [1.82, 2.24) is 0 Å². The smallest absolute Gasteiger partial charge is 0.308 e. The fourth-order valence-electron chi connectivity index (χ4n) is 1.74. The van der Waals surface area contributed by atoms with Gasteiger partial charge in [-0.25, -0.2) is 8.78 Å². The van der Waals surface area contributed by atoms with Crippen molar-refractivity contribution < 1.29 is 32.6 Å². The summed E-state index contributed by atoms with van der Waals surface area (Å²) in [6.07, 6.45) is 0. The molecular formula is C14H11F2NO5. The summed E-state index contributed by atoms with van der Waals surface area (Å²) in [6.45, 7) is 2.23. The van der Waals surface area contributed by atoms with Crippen LogP contribution in [0.5, 0.6) is 11.5 Å². The maximum absolute atomic E-state index is 13.8. The van der Waals surface area contributed by atoms with E-state index >= 15 is 0 Å². The lowest BCUT2D eigenvalue weighted by atomic mass is 10.1. The molecule has 116 valence electrons. The van der Waals surface area contributed by atoms with Gasteiger partial charge in [0.25, 0.3) is 0 Å². The third kappa shape index (κ3) is 3.05. The molecular weight excluding hydrogens is 300 g/mol. The van der Waals surface area contributed by atoms with Crippen molar-refractivity contribution >= 4 is 17.8 Å². The van der Waals surface area contributed by atoms with E-state index in [2.05, 4.69) is 5.32 Å². The molecule has 0 aliphatic rings. The molecule has 1 amide bonds. The summed E-state index contributed by atoms with van der Waals surface area (Å²) >= 11 is 0. The van der Waals surface area contributed by atoms with E-state index in [4.69, 9.17) is 9.15 Å². The van der Waals surface area contributed by atoms with Crippen LogP contribution in [0.1, 0.15) is 13.8 Å². The number of hydrogen-bond donors (Lipinski definition) is 2. The molecule has 2 aromatic rings. The second kappa shape index (κ2) is 5.84. The first-order chi connectivity index (χ1) is 10.3. The van der Waals surface area contributed by atoms with Gasteiger partial charge >= 0.3 is 5.97 Å². The van der Waals surface area contributed by atoms with Crippen LogP contribution < -0.4 is 10.1 Å². The van der Waals surface area contributed by atoms with Gasteiger partial charge < -0.3 is 14.3 Å². The Bertz CT molecular complexity index is 754. The molecule has 8 heteroatoms. The summed E-state index contributed by atoms with van der Waals surface area (Å²) in [7, 11) is 0. The van der Waals surface area contributed by atoms with Gasteiger partial charge in [-0.05, 0) is 12.1 Å². The summed E-state index contributed by atoms with van der Waals surface area (Å²) in [5.41, 5.74) is -0.260. The number of furan rings is 1. The number of aromatic hydroxyl groups is 1. The van der Waals surface area contributed by atoms with E-state index in [0.29, 0.717) is 6.07 Å². The third-order valence-electron chi connectivity index (χ3n) is 2.55. The summed E-state index contributed by atoms with van der Waals surface area (Å²) in [4.78, 5) is 22.2. The van der Waals surface area contributed by atoms with Crippen molar-refractivity contribution in [2.75, 3.05) is 5.32 Å². The van der Waals surface area contributed by atoms with Gasteiger partial charge in [-0.3, -0.25) is 14.9 Å². The Morgan fingerprint density at radius 2 is 1.95 bits per heavy atom. The summed E-state index contributed by atoms with van der Waals surface area (Å²) in [5, 5.41) is 12.2. The molecule has 1 heterocycles. The number of benzene rings is 1. The number of carbonyl (C=O) groups excluding carboxylic acids is 2. The van der Waals surface area contributed by atoms with E-state index in [-0.39, 0.29) is 11.4 Å². The van der Waals surface area contributed by atoms with Crippen LogP contribution in [0.15, 0.2) is 22.6 Å². The first-order valence-electron chi connectivity index (χ1n) is 6.06. The van der Waals surface area contributed by atoms with Crippen LogP contribution in [0.25, 0.3) is 11.3 Å². The van der Waals surface area contributed by atoms with Gasteiger partial charge in [0.2, 0.25) is 23.3 Å². The molecule has 1 aromatic heterocycles. The number of anilines is 1. The Hall–Kier alpha value is -2.90. The molecule has 22 heavy (non-hydrogen) atoms. The zero-order valence-corrected chi connectivity index (χ0v) is 11.6. The Morgan fingerprint density at radius 3 is 2.50 bits per heavy atom. The molecule has 0 fully saturated rings. The molecule has 2 N–H and O–H groups in total. The number of rotatable bonds is 3. The van der Waals surface area contributed by atoms with E-state index in [1.807, 2.05) is 0 Å². The van der Waals surface area contributed by atoms with Crippen LogP contribution in [0, 0.1) is 11.6 Å². The standard InChI is InChI=1S/C14H11F2NO5/c1-6(18)17-14-13(21-7(2)19)11(20)12(22-14)9-4-3-8(15)5-10(9)16/h3-5,20H,1-2H3,(H,17,18). The van der Waals surface area contributed by atoms with E-state index < -0.39 is 40.8 Å². The lowest BCUT2D eigenvalue weighted by Crippen LogP contribution is -2.08. The molecule has 1 aromatic carbocycles. The highest BCUT2D eigenvalue weighted by atomic mass is 19.1. The van der Waals surface area contributed by atoms with Crippen molar-refractivity contribution in [2.45, 2.75) is 13.8 Å². The second-order valence-corrected chi connectivity index (χ2v) is 4.34. The third-order valence-corrected chi connectivity index (χ3v) is 2.55. The largest absolute Gasteiger partial charge is 0.502 e. The monoisotopic (exact) mass is 311 g/mol. The zero-order chi connectivity index (χ0) is 16.4.